The van der Waals surface area contributed by atoms with Crippen molar-refractivity contribution in [1.29, 1.82) is 0 Å². The highest BCUT2D eigenvalue weighted by Gasteiger charge is 2.14. The Morgan fingerprint density at radius 3 is 2.44 bits per heavy atom. The molecule has 0 aliphatic heterocycles. The Balaban J connectivity index is 1.73. The molecule has 2 N–H and O–H groups in total. The van der Waals surface area contributed by atoms with Crippen LogP contribution in [0.3, 0.4) is 0 Å². The van der Waals surface area contributed by atoms with Gasteiger partial charge < -0.3 is 4.98 Å². The van der Waals surface area contributed by atoms with E-state index in [4.69, 9.17) is 0 Å². The number of fused-ring (bicyclic) bond motifs is 1. The van der Waals surface area contributed by atoms with Gasteiger partial charge in [0.1, 0.15) is 0 Å². The molecule has 0 radical (unpaired) electrons. The van der Waals surface area contributed by atoms with Crippen LogP contribution in [0, 0.1) is 6.92 Å². The van der Waals surface area contributed by atoms with Crippen molar-refractivity contribution in [2.24, 2.45) is 5.10 Å². The highest BCUT2D eigenvalue weighted by molar-refractivity contribution is 6.01. The molecule has 4 nitrogen and oxygen atoms in total. The van der Waals surface area contributed by atoms with Crippen molar-refractivity contribution in [3.63, 3.8) is 0 Å². The molecule has 0 spiro atoms. The number of aromatic nitrogens is 1. The molecule has 0 atom stereocenters. The summed E-state index contributed by atoms with van der Waals surface area (Å²) in [7, 11) is 0. The number of aromatic amines is 1. The summed E-state index contributed by atoms with van der Waals surface area (Å²) in [6, 6.07) is 15.7. The number of aryl methyl sites for hydroxylation is 1. The van der Waals surface area contributed by atoms with Crippen molar-refractivity contribution in [3.05, 3.63) is 70.9 Å². The van der Waals surface area contributed by atoms with E-state index < -0.39 is 0 Å². The molecule has 0 saturated carbocycles. The minimum Gasteiger partial charge on any atom is -0.358 e. The summed E-state index contributed by atoms with van der Waals surface area (Å²) in [6.07, 6.45) is 1.69. The number of hydrogen-bond donors (Lipinski definition) is 2. The standard InChI is InChI=1S/C21H23N3O/c1-14-18(17-7-5-6-8-19(17)23-14)13-22-24-20(25)15-9-11-16(12-10-15)21(2,3)4/h5-13,23H,1-4H3,(H,24,25)/b22-13+. The lowest BCUT2D eigenvalue weighted by molar-refractivity contribution is 0.0955. The fraction of sp³-hybridized carbons (Fsp3) is 0.238. The van der Waals surface area contributed by atoms with Crippen LogP contribution in [0.4, 0.5) is 0 Å². The van der Waals surface area contributed by atoms with Crippen molar-refractivity contribution in [2.45, 2.75) is 33.1 Å². The number of benzene rings is 2. The largest absolute Gasteiger partial charge is 0.358 e. The monoisotopic (exact) mass is 333 g/mol. The van der Waals surface area contributed by atoms with Gasteiger partial charge in [0.15, 0.2) is 0 Å². The SMILES string of the molecule is Cc1[nH]c2ccccc2c1/C=N/NC(=O)c1ccc(C(C)(C)C)cc1. The Morgan fingerprint density at radius 2 is 1.76 bits per heavy atom. The summed E-state index contributed by atoms with van der Waals surface area (Å²) < 4.78 is 0. The zero-order valence-electron chi connectivity index (χ0n) is 15.1. The predicted octanol–water partition coefficient (Wildman–Crippen LogP) is 4.54. The van der Waals surface area contributed by atoms with Gasteiger partial charge in [-0.2, -0.15) is 5.10 Å². The Morgan fingerprint density at radius 1 is 1.08 bits per heavy atom. The smallest absolute Gasteiger partial charge is 0.271 e. The van der Waals surface area contributed by atoms with Crippen molar-refractivity contribution >= 4 is 23.0 Å². The quantitative estimate of drug-likeness (QED) is 0.536. The number of nitrogens with zero attached hydrogens (tertiary/aromatic N) is 1. The Bertz CT molecular complexity index is 928. The Labute approximate surface area is 148 Å². The summed E-state index contributed by atoms with van der Waals surface area (Å²) in [6.45, 7) is 8.44. The molecule has 3 rings (SSSR count). The van der Waals surface area contributed by atoms with Crippen LogP contribution < -0.4 is 5.43 Å². The first-order valence-corrected chi connectivity index (χ1v) is 8.37. The molecule has 0 aliphatic rings. The number of para-hydroxylation sites is 1. The third kappa shape index (κ3) is 3.63. The highest BCUT2D eigenvalue weighted by Crippen LogP contribution is 2.22. The van der Waals surface area contributed by atoms with E-state index in [1.165, 1.54) is 5.56 Å². The van der Waals surface area contributed by atoms with Crippen molar-refractivity contribution < 1.29 is 4.79 Å². The van der Waals surface area contributed by atoms with Gasteiger partial charge in [0.25, 0.3) is 5.91 Å². The summed E-state index contributed by atoms with van der Waals surface area (Å²) in [5.74, 6) is -0.214. The second-order valence-corrected chi connectivity index (χ2v) is 7.24. The van der Waals surface area contributed by atoms with E-state index in [-0.39, 0.29) is 11.3 Å². The number of nitrogens with one attached hydrogen (secondary N) is 2. The van der Waals surface area contributed by atoms with E-state index in [1.54, 1.807) is 6.21 Å². The molecule has 4 heteroatoms. The summed E-state index contributed by atoms with van der Waals surface area (Å²) in [5, 5.41) is 5.22. The van der Waals surface area contributed by atoms with E-state index >= 15 is 0 Å². The van der Waals surface area contributed by atoms with Gasteiger partial charge in [0.2, 0.25) is 0 Å². The average Bonchev–Trinajstić information content (AvgIpc) is 2.90. The summed E-state index contributed by atoms with van der Waals surface area (Å²) in [5.41, 5.74) is 7.54. The maximum absolute atomic E-state index is 12.2. The Hall–Kier alpha value is -2.88. The fourth-order valence-corrected chi connectivity index (χ4v) is 2.81. The average molecular weight is 333 g/mol. The number of amides is 1. The number of carbonyl (C=O) groups excluding carboxylic acids is 1. The molecule has 2 aromatic carbocycles. The van der Waals surface area contributed by atoms with E-state index in [1.807, 2.05) is 55.5 Å². The summed E-state index contributed by atoms with van der Waals surface area (Å²) >= 11 is 0. The minimum atomic E-state index is -0.214. The molecule has 0 bridgehead atoms. The normalized spacial score (nSPS) is 12.0. The number of hydrazone groups is 1. The molecule has 0 aliphatic carbocycles. The Kier molecular flexibility index (Phi) is 4.45. The zero-order chi connectivity index (χ0) is 18.0. The van der Waals surface area contributed by atoms with Crippen LogP contribution in [0.2, 0.25) is 0 Å². The van der Waals surface area contributed by atoms with Crippen LogP contribution in [-0.4, -0.2) is 17.1 Å². The first kappa shape index (κ1) is 17.0. The van der Waals surface area contributed by atoms with Gasteiger partial charge in [-0.05, 0) is 36.1 Å². The summed E-state index contributed by atoms with van der Waals surface area (Å²) in [4.78, 5) is 15.6. The van der Waals surface area contributed by atoms with Gasteiger partial charge in [0.05, 0.1) is 6.21 Å². The molecule has 0 unspecified atom stereocenters. The molecule has 0 fully saturated rings. The molecule has 25 heavy (non-hydrogen) atoms. The van der Waals surface area contributed by atoms with Crippen molar-refractivity contribution in [3.8, 4) is 0 Å². The van der Waals surface area contributed by atoms with Gasteiger partial charge in [-0.15, -0.1) is 0 Å². The van der Waals surface area contributed by atoms with Crippen LogP contribution in [-0.2, 0) is 5.41 Å². The second-order valence-electron chi connectivity index (χ2n) is 7.24. The third-order valence-electron chi connectivity index (χ3n) is 4.32. The van der Waals surface area contributed by atoms with Crippen LogP contribution in [0.15, 0.2) is 53.6 Å². The lowest BCUT2D eigenvalue weighted by Gasteiger charge is -2.18. The third-order valence-corrected chi connectivity index (χ3v) is 4.32. The molecular formula is C21H23N3O. The van der Waals surface area contributed by atoms with Gasteiger partial charge in [-0.3, -0.25) is 4.79 Å². The zero-order valence-corrected chi connectivity index (χ0v) is 15.1. The molecule has 1 heterocycles. The van der Waals surface area contributed by atoms with Crippen LogP contribution in [0.1, 0.15) is 48.0 Å². The van der Waals surface area contributed by atoms with Gasteiger partial charge in [-0.1, -0.05) is 51.1 Å². The molecule has 1 aromatic heterocycles. The van der Waals surface area contributed by atoms with Crippen LogP contribution >= 0.6 is 0 Å². The van der Waals surface area contributed by atoms with Crippen LogP contribution in [0.5, 0.6) is 0 Å². The number of rotatable bonds is 3. The minimum absolute atomic E-state index is 0.0695. The molecule has 1 amide bonds. The van der Waals surface area contributed by atoms with Gasteiger partial charge >= 0.3 is 0 Å². The van der Waals surface area contributed by atoms with E-state index in [2.05, 4.69) is 36.3 Å². The van der Waals surface area contributed by atoms with E-state index in [9.17, 15) is 4.79 Å². The fourth-order valence-electron chi connectivity index (χ4n) is 2.81. The van der Waals surface area contributed by atoms with Crippen molar-refractivity contribution in [1.82, 2.24) is 10.4 Å². The second kappa shape index (κ2) is 6.55. The number of hydrogen-bond acceptors (Lipinski definition) is 2. The maximum Gasteiger partial charge on any atom is 0.271 e. The molecule has 3 aromatic rings. The van der Waals surface area contributed by atoms with Crippen LogP contribution in [0.25, 0.3) is 10.9 Å². The van der Waals surface area contributed by atoms with Gasteiger partial charge in [-0.25, -0.2) is 5.43 Å². The first-order valence-electron chi connectivity index (χ1n) is 8.37. The number of H-pyrrole nitrogens is 1. The maximum atomic E-state index is 12.2. The lowest BCUT2D eigenvalue weighted by Crippen LogP contribution is -2.18. The first-order chi connectivity index (χ1) is 11.9. The highest BCUT2D eigenvalue weighted by atomic mass is 16.2. The van der Waals surface area contributed by atoms with Gasteiger partial charge in [0, 0.05) is 27.7 Å². The lowest BCUT2D eigenvalue weighted by atomic mass is 9.87. The topological polar surface area (TPSA) is 57.2 Å². The number of carbonyl (C=O) groups is 1. The predicted molar refractivity (Wildman–Crippen MR) is 103 cm³/mol. The van der Waals surface area contributed by atoms with Crippen molar-refractivity contribution in [2.75, 3.05) is 0 Å². The molecular weight excluding hydrogens is 310 g/mol. The molecule has 0 saturated heterocycles. The molecule has 128 valence electrons. The van der Waals surface area contributed by atoms with E-state index in [0.29, 0.717) is 5.56 Å². The van der Waals surface area contributed by atoms with E-state index in [0.717, 1.165) is 22.2 Å².